The Hall–Kier alpha value is -1.32. The lowest BCUT2D eigenvalue weighted by atomic mass is 9.95. The fourth-order valence-electron chi connectivity index (χ4n) is 1.79. The van der Waals surface area contributed by atoms with Gasteiger partial charge >= 0.3 is 0 Å². The van der Waals surface area contributed by atoms with E-state index in [-0.39, 0.29) is 36.4 Å². The molecule has 1 N–H and O–H groups in total. The summed E-state index contributed by atoms with van der Waals surface area (Å²) in [6.07, 6.45) is 2.55. The standard InChI is InChI=1S/C12H20N2O2/c1-5-8(3)11-12(16)14(9(4)6-2)7-10(15)13-11/h6,8-9,11H,2,5,7H2,1,3-4H3,(H,13,15). The Morgan fingerprint density at radius 2 is 2.19 bits per heavy atom. The van der Waals surface area contributed by atoms with Gasteiger partial charge in [-0.3, -0.25) is 9.59 Å². The van der Waals surface area contributed by atoms with Gasteiger partial charge in [0.2, 0.25) is 11.8 Å². The molecule has 1 saturated heterocycles. The Balaban J connectivity index is 2.85. The molecule has 4 heteroatoms. The van der Waals surface area contributed by atoms with Crippen LogP contribution in [-0.2, 0) is 9.59 Å². The molecule has 1 fully saturated rings. The van der Waals surface area contributed by atoms with Crippen molar-refractivity contribution in [2.24, 2.45) is 5.92 Å². The van der Waals surface area contributed by atoms with Crippen molar-refractivity contribution < 1.29 is 9.59 Å². The minimum atomic E-state index is -0.381. The Kier molecular flexibility index (Phi) is 4.10. The largest absolute Gasteiger partial charge is 0.342 e. The summed E-state index contributed by atoms with van der Waals surface area (Å²) in [6, 6.07) is -0.473. The predicted molar refractivity (Wildman–Crippen MR) is 62.8 cm³/mol. The van der Waals surface area contributed by atoms with Crippen LogP contribution >= 0.6 is 0 Å². The molecule has 1 aliphatic rings. The van der Waals surface area contributed by atoms with Crippen molar-refractivity contribution in [1.82, 2.24) is 10.2 Å². The first kappa shape index (κ1) is 12.7. The SMILES string of the molecule is C=CC(C)N1CC(=O)NC(C(C)CC)C1=O. The molecule has 0 bridgehead atoms. The van der Waals surface area contributed by atoms with Crippen molar-refractivity contribution in [3.63, 3.8) is 0 Å². The van der Waals surface area contributed by atoms with Gasteiger partial charge in [-0.05, 0) is 12.8 Å². The number of piperazine rings is 1. The molecule has 0 aromatic carbocycles. The second-order valence-electron chi connectivity index (χ2n) is 4.37. The van der Waals surface area contributed by atoms with Crippen molar-refractivity contribution in [2.45, 2.75) is 39.3 Å². The average Bonchev–Trinajstić information content (AvgIpc) is 2.29. The summed E-state index contributed by atoms with van der Waals surface area (Å²) in [6.45, 7) is 9.66. The lowest BCUT2D eigenvalue weighted by molar-refractivity contribution is -0.146. The third kappa shape index (κ3) is 2.43. The van der Waals surface area contributed by atoms with E-state index in [4.69, 9.17) is 0 Å². The molecule has 0 saturated carbocycles. The molecule has 4 nitrogen and oxygen atoms in total. The molecule has 0 aliphatic carbocycles. The molecular formula is C12H20N2O2. The van der Waals surface area contributed by atoms with Crippen molar-refractivity contribution >= 4 is 11.8 Å². The Morgan fingerprint density at radius 1 is 1.56 bits per heavy atom. The average molecular weight is 224 g/mol. The molecule has 3 atom stereocenters. The number of carbonyl (C=O) groups excluding carboxylic acids is 2. The number of amides is 2. The van der Waals surface area contributed by atoms with E-state index in [1.165, 1.54) is 0 Å². The molecule has 0 aromatic rings. The number of hydrogen-bond acceptors (Lipinski definition) is 2. The Bertz CT molecular complexity index is 301. The van der Waals surface area contributed by atoms with Crippen molar-refractivity contribution in [3.8, 4) is 0 Å². The Labute approximate surface area is 96.7 Å². The third-order valence-electron chi connectivity index (χ3n) is 3.23. The zero-order valence-corrected chi connectivity index (χ0v) is 10.2. The number of nitrogens with one attached hydrogen (secondary N) is 1. The summed E-state index contributed by atoms with van der Waals surface area (Å²) in [5.41, 5.74) is 0. The van der Waals surface area contributed by atoms with E-state index in [9.17, 15) is 9.59 Å². The highest BCUT2D eigenvalue weighted by Gasteiger charge is 2.36. The van der Waals surface area contributed by atoms with Gasteiger partial charge in [0, 0.05) is 6.04 Å². The first-order valence-electron chi connectivity index (χ1n) is 5.73. The van der Waals surface area contributed by atoms with Crippen LogP contribution in [0.3, 0.4) is 0 Å². The van der Waals surface area contributed by atoms with Gasteiger partial charge in [-0.2, -0.15) is 0 Å². The maximum Gasteiger partial charge on any atom is 0.246 e. The summed E-state index contributed by atoms with van der Waals surface area (Å²) in [4.78, 5) is 25.3. The second kappa shape index (κ2) is 5.14. The molecule has 2 amide bonds. The molecule has 0 radical (unpaired) electrons. The maximum atomic E-state index is 12.1. The molecule has 1 heterocycles. The molecule has 16 heavy (non-hydrogen) atoms. The van der Waals surface area contributed by atoms with E-state index in [0.717, 1.165) is 6.42 Å². The van der Waals surface area contributed by atoms with E-state index >= 15 is 0 Å². The van der Waals surface area contributed by atoms with Crippen LogP contribution < -0.4 is 5.32 Å². The third-order valence-corrected chi connectivity index (χ3v) is 3.23. The lowest BCUT2D eigenvalue weighted by Gasteiger charge is -2.37. The van der Waals surface area contributed by atoms with Gasteiger partial charge in [-0.1, -0.05) is 26.3 Å². The summed E-state index contributed by atoms with van der Waals surface area (Å²) >= 11 is 0. The van der Waals surface area contributed by atoms with Gasteiger partial charge < -0.3 is 10.2 Å². The van der Waals surface area contributed by atoms with Crippen molar-refractivity contribution in [1.29, 1.82) is 0 Å². The van der Waals surface area contributed by atoms with Gasteiger partial charge in [-0.15, -0.1) is 6.58 Å². The van der Waals surface area contributed by atoms with Gasteiger partial charge in [0.15, 0.2) is 0 Å². The molecule has 0 aromatic heterocycles. The fraction of sp³-hybridized carbons (Fsp3) is 0.667. The first-order valence-corrected chi connectivity index (χ1v) is 5.73. The zero-order chi connectivity index (χ0) is 12.3. The van der Waals surface area contributed by atoms with Gasteiger partial charge in [-0.25, -0.2) is 0 Å². The van der Waals surface area contributed by atoms with Crippen LogP contribution in [0.5, 0.6) is 0 Å². The molecule has 1 aliphatic heterocycles. The normalized spacial score (nSPS) is 24.9. The number of hydrogen-bond donors (Lipinski definition) is 1. The number of carbonyl (C=O) groups is 2. The molecule has 90 valence electrons. The highest BCUT2D eigenvalue weighted by atomic mass is 16.2. The summed E-state index contributed by atoms with van der Waals surface area (Å²) in [7, 11) is 0. The van der Waals surface area contributed by atoms with Crippen molar-refractivity contribution in [2.75, 3.05) is 6.54 Å². The van der Waals surface area contributed by atoms with Crippen LogP contribution in [0.1, 0.15) is 27.2 Å². The van der Waals surface area contributed by atoms with Crippen LogP contribution in [0.15, 0.2) is 12.7 Å². The summed E-state index contributed by atoms with van der Waals surface area (Å²) in [5.74, 6) is 0.0798. The molecule has 3 unspecified atom stereocenters. The topological polar surface area (TPSA) is 49.4 Å². The van der Waals surface area contributed by atoms with Crippen molar-refractivity contribution in [3.05, 3.63) is 12.7 Å². The minimum Gasteiger partial charge on any atom is -0.342 e. The predicted octanol–water partition coefficient (Wildman–Crippen LogP) is 0.934. The highest BCUT2D eigenvalue weighted by Crippen LogP contribution is 2.16. The lowest BCUT2D eigenvalue weighted by Crippen LogP contribution is -2.61. The second-order valence-corrected chi connectivity index (χ2v) is 4.37. The zero-order valence-electron chi connectivity index (χ0n) is 10.2. The monoisotopic (exact) mass is 224 g/mol. The fourth-order valence-corrected chi connectivity index (χ4v) is 1.79. The Morgan fingerprint density at radius 3 is 2.69 bits per heavy atom. The minimum absolute atomic E-state index is 0.00125. The smallest absolute Gasteiger partial charge is 0.246 e. The van der Waals surface area contributed by atoms with Gasteiger partial charge in [0.05, 0.1) is 0 Å². The van der Waals surface area contributed by atoms with E-state index in [1.54, 1.807) is 11.0 Å². The number of rotatable bonds is 4. The summed E-state index contributed by atoms with van der Waals surface area (Å²) in [5, 5.41) is 2.76. The van der Waals surface area contributed by atoms with E-state index in [2.05, 4.69) is 11.9 Å². The van der Waals surface area contributed by atoms with E-state index < -0.39 is 0 Å². The number of nitrogens with zero attached hydrogens (tertiary/aromatic N) is 1. The molecule has 0 spiro atoms. The molecular weight excluding hydrogens is 204 g/mol. The first-order chi connectivity index (χ1) is 7.51. The molecule has 1 rings (SSSR count). The van der Waals surface area contributed by atoms with Crippen LogP contribution in [0, 0.1) is 5.92 Å². The van der Waals surface area contributed by atoms with E-state index in [1.807, 2.05) is 20.8 Å². The van der Waals surface area contributed by atoms with Gasteiger partial charge in [0.1, 0.15) is 12.6 Å². The van der Waals surface area contributed by atoms with Crippen LogP contribution in [0.4, 0.5) is 0 Å². The highest BCUT2D eigenvalue weighted by molar-refractivity contribution is 5.95. The van der Waals surface area contributed by atoms with Crippen LogP contribution in [0.2, 0.25) is 0 Å². The maximum absolute atomic E-state index is 12.1. The quantitative estimate of drug-likeness (QED) is 0.722. The van der Waals surface area contributed by atoms with Gasteiger partial charge in [0.25, 0.3) is 0 Å². The van der Waals surface area contributed by atoms with E-state index in [0.29, 0.717) is 0 Å². The van der Waals surface area contributed by atoms with Crippen LogP contribution in [0.25, 0.3) is 0 Å². The van der Waals surface area contributed by atoms with Crippen LogP contribution in [-0.4, -0.2) is 35.3 Å². The summed E-state index contributed by atoms with van der Waals surface area (Å²) < 4.78 is 0.